The van der Waals surface area contributed by atoms with Gasteiger partial charge in [-0.2, -0.15) is 0 Å². The lowest BCUT2D eigenvalue weighted by molar-refractivity contribution is 0.0404. The lowest BCUT2D eigenvalue weighted by atomic mass is 10.1. The molecule has 0 saturated carbocycles. The fourth-order valence-corrected chi connectivity index (χ4v) is 3.11. The van der Waals surface area contributed by atoms with Crippen LogP contribution in [-0.2, 0) is 9.47 Å². The fourth-order valence-electron chi connectivity index (χ4n) is 2.34. The Hall–Kier alpha value is -2.75. The van der Waals surface area contributed by atoms with E-state index in [2.05, 4.69) is 18.4 Å². The van der Waals surface area contributed by atoms with Crippen LogP contribution in [0, 0.1) is 11.8 Å². The van der Waals surface area contributed by atoms with Gasteiger partial charge in [0.25, 0.3) is 0 Å². The minimum Gasteiger partial charge on any atom is -0.489 e. The standard InChI is InChI=1S/C24H24O4S2/c1-4-26-24(29)30-16-10-15-22(28-23(25)19-11-6-5-7-12-19)20-13-8-9-14-21(20)27-17-18(2)3/h5-9,11-14,22H,2,4,16-17H2,1,3H3. The maximum absolute atomic E-state index is 12.6. The zero-order chi connectivity index (χ0) is 21.8. The minimum atomic E-state index is -0.791. The molecule has 0 heterocycles. The highest BCUT2D eigenvalue weighted by Gasteiger charge is 2.19. The van der Waals surface area contributed by atoms with Crippen molar-refractivity contribution in [1.82, 2.24) is 0 Å². The van der Waals surface area contributed by atoms with Gasteiger partial charge in [0.15, 0.2) is 6.10 Å². The Balaban J connectivity index is 2.24. The van der Waals surface area contributed by atoms with Crippen molar-refractivity contribution in [3.8, 4) is 17.6 Å². The number of thiocarbonyl (C=S) groups is 1. The number of para-hydroxylation sites is 1. The van der Waals surface area contributed by atoms with Crippen molar-refractivity contribution >= 4 is 34.3 Å². The maximum Gasteiger partial charge on any atom is 0.339 e. The van der Waals surface area contributed by atoms with Crippen LogP contribution in [0.25, 0.3) is 0 Å². The third kappa shape index (κ3) is 7.94. The lowest BCUT2D eigenvalue weighted by Gasteiger charge is -2.17. The zero-order valence-electron chi connectivity index (χ0n) is 17.1. The number of benzene rings is 2. The molecule has 0 amide bonds. The Morgan fingerprint density at radius 1 is 1.17 bits per heavy atom. The predicted molar refractivity (Wildman–Crippen MR) is 126 cm³/mol. The van der Waals surface area contributed by atoms with Gasteiger partial charge >= 0.3 is 5.97 Å². The molecule has 156 valence electrons. The Kier molecular flexibility index (Phi) is 9.99. The summed E-state index contributed by atoms with van der Waals surface area (Å²) < 4.78 is 17.3. The van der Waals surface area contributed by atoms with Gasteiger partial charge in [0, 0.05) is 5.56 Å². The number of rotatable bonds is 8. The normalized spacial score (nSPS) is 10.9. The van der Waals surface area contributed by atoms with Gasteiger partial charge in [-0.05, 0) is 49.8 Å². The monoisotopic (exact) mass is 440 g/mol. The molecule has 2 rings (SSSR count). The molecular weight excluding hydrogens is 416 g/mol. The number of esters is 1. The molecule has 4 nitrogen and oxygen atoms in total. The van der Waals surface area contributed by atoms with Crippen molar-refractivity contribution in [1.29, 1.82) is 0 Å². The molecule has 30 heavy (non-hydrogen) atoms. The van der Waals surface area contributed by atoms with E-state index in [1.165, 1.54) is 11.8 Å². The van der Waals surface area contributed by atoms with Crippen LogP contribution in [0.15, 0.2) is 66.7 Å². The fraction of sp³-hybridized carbons (Fsp3) is 0.250. The van der Waals surface area contributed by atoms with Crippen LogP contribution in [0.1, 0.15) is 35.9 Å². The molecule has 2 aromatic carbocycles. The lowest BCUT2D eigenvalue weighted by Crippen LogP contribution is -2.12. The summed E-state index contributed by atoms with van der Waals surface area (Å²) in [5, 5.41) is 0. The van der Waals surface area contributed by atoms with Crippen LogP contribution in [0.3, 0.4) is 0 Å². The first-order chi connectivity index (χ1) is 14.5. The summed E-state index contributed by atoms with van der Waals surface area (Å²) in [4.78, 5) is 12.6. The number of hydrogen-bond donors (Lipinski definition) is 0. The summed E-state index contributed by atoms with van der Waals surface area (Å²) in [6, 6.07) is 16.2. The van der Waals surface area contributed by atoms with E-state index < -0.39 is 12.1 Å². The summed E-state index contributed by atoms with van der Waals surface area (Å²) in [5.41, 5.74) is 2.01. The molecule has 0 aliphatic carbocycles. The van der Waals surface area contributed by atoms with E-state index in [1.807, 2.05) is 44.2 Å². The number of carbonyl (C=O) groups excluding carboxylic acids is 1. The Labute approximate surface area is 187 Å². The highest BCUT2D eigenvalue weighted by molar-refractivity contribution is 8.22. The van der Waals surface area contributed by atoms with Gasteiger partial charge in [0.2, 0.25) is 4.38 Å². The molecule has 0 spiro atoms. The average molecular weight is 441 g/mol. The van der Waals surface area contributed by atoms with Crippen molar-refractivity contribution in [2.24, 2.45) is 0 Å². The molecule has 0 bridgehead atoms. The second-order valence-corrected chi connectivity index (χ2v) is 7.81. The minimum absolute atomic E-state index is 0.363. The van der Waals surface area contributed by atoms with Crippen LogP contribution in [0.5, 0.6) is 5.75 Å². The SMILES string of the molecule is C=C(C)COc1ccccc1C(C#CCSC(=S)OCC)OC(=O)c1ccccc1. The summed E-state index contributed by atoms with van der Waals surface area (Å²) >= 11 is 6.42. The van der Waals surface area contributed by atoms with E-state index in [0.717, 1.165) is 5.57 Å². The van der Waals surface area contributed by atoms with Crippen LogP contribution in [-0.4, -0.2) is 29.3 Å². The molecule has 0 aromatic heterocycles. The van der Waals surface area contributed by atoms with Gasteiger partial charge in [-0.3, -0.25) is 0 Å². The van der Waals surface area contributed by atoms with Crippen LogP contribution >= 0.6 is 24.0 Å². The second-order valence-electron chi connectivity index (χ2n) is 6.23. The molecule has 6 heteroatoms. The second kappa shape index (κ2) is 12.7. The zero-order valence-corrected chi connectivity index (χ0v) is 18.7. The molecule has 0 radical (unpaired) electrons. The Morgan fingerprint density at radius 2 is 1.87 bits per heavy atom. The topological polar surface area (TPSA) is 44.8 Å². The van der Waals surface area contributed by atoms with Crippen molar-refractivity contribution in [3.63, 3.8) is 0 Å². The van der Waals surface area contributed by atoms with Crippen LogP contribution in [0.2, 0.25) is 0 Å². The first kappa shape index (κ1) is 23.5. The first-order valence-corrected chi connectivity index (χ1v) is 10.8. The third-order valence-electron chi connectivity index (χ3n) is 3.67. The summed E-state index contributed by atoms with van der Waals surface area (Å²) in [5.74, 6) is 6.61. The molecule has 0 N–H and O–H groups in total. The number of hydrogen-bond acceptors (Lipinski definition) is 6. The van der Waals surface area contributed by atoms with Crippen LogP contribution < -0.4 is 4.74 Å². The van der Waals surface area contributed by atoms with Gasteiger partial charge in [-0.1, -0.05) is 66.6 Å². The first-order valence-electron chi connectivity index (χ1n) is 9.41. The summed E-state index contributed by atoms with van der Waals surface area (Å²) in [6.07, 6.45) is -0.791. The van der Waals surface area contributed by atoms with Crippen molar-refractivity contribution in [2.45, 2.75) is 20.0 Å². The van der Waals surface area contributed by atoms with E-state index in [1.54, 1.807) is 24.3 Å². The van der Waals surface area contributed by atoms with E-state index in [-0.39, 0.29) is 0 Å². The Morgan fingerprint density at radius 3 is 2.57 bits per heavy atom. The molecule has 0 saturated heterocycles. The van der Waals surface area contributed by atoms with Gasteiger partial charge in [-0.15, -0.1) is 0 Å². The predicted octanol–water partition coefficient (Wildman–Crippen LogP) is 5.60. The highest BCUT2D eigenvalue weighted by atomic mass is 32.2. The molecule has 0 aliphatic rings. The number of carbonyl (C=O) groups is 1. The summed E-state index contributed by atoms with van der Waals surface area (Å²) in [6.45, 7) is 8.50. The molecule has 0 fully saturated rings. The largest absolute Gasteiger partial charge is 0.489 e. The molecule has 2 aromatic rings. The quantitative estimate of drug-likeness (QED) is 0.230. The van der Waals surface area contributed by atoms with Crippen molar-refractivity contribution in [3.05, 3.63) is 77.9 Å². The number of ether oxygens (including phenoxy) is 3. The third-order valence-corrected chi connectivity index (χ3v) is 4.78. The van der Waals surface area contributed by atoms with E-state index >= 15 is 0 Å². The molecule has 1 unspecified atom stereocenters. The van der Waals surface area contributed by atoms with Gasteiger partial charge in [-0.25, -0.2) is 4.79 Å². The van der Waals surface area contributed by atoms with Crippen LogP contribution in [0.4, 0.5) is 0 Å². The maximum atomic E-state index is 12.6. The van der Waals surface area contributed by atoms with Crippen molar-refractivity contribution in [2.75, 3.05) is 19.0 Å². The van der Waals surface area contributed by atoms with Crippen molar-refractivity contribution < 1.29 is 19.0 Å². The van der Waals surface area contributed by atoms with Gasteiger partial charge in [0.05, 0.1) is 17.9 Å². The Bertz CT molecular complexity index is 929. The van der Waals surface area contributed by atoms with E-state index in [9.17, 15) is 4.79 Å². The van der Waals surface area contributed by atoms with Gasteiger partial charge in [0.1, 0.15) is 12.4 Å². The molecule has 0 aliphatic heterocycles. The molecule has 1 atom stereocenters. The number of thioether (sulfide) groups is 1. The average Bonchev–Trinajstić information content (AvgIpc) is 2.75. The highest BCUT2D eigenvalue weighted by Crippen LogP contribution is 2.28. The summed E-state index contributed by atoms with van der Waals surface area (Å²) in [7, 11) is 0. The van der Waals surface area contributed by atoms with E-state index in [4.69, 9.17) is 26.4 Å². The van der Waals surface area contributed by atoms with Gasteiger partial charge < -0.3 is 14.2 Å². The molecular formula is C24H24O4S2. The van der Waals surface area contributed by atoms with E-state index in [0.29, 0.717) is 40.2 Å². The smallest absolute Gasteiger partial charge is 0.339 e.